The molecule has 4 aromatic carbocycles. The fourth-order valence-corrected chi connectivity index (χ4v) is 4.19. The average molecular weight is 471 g/mol. The van der Waals surface area contributed by atoms with E-state index < -0.39 is 17.5 Å². The first-order valence-corrected chi connectivity index (χ1v) is 11.3. The molecule has 0 fully saturated rings. The Bertz CT molecular complexity index is 1290. The van der Waals surface area contributed by atoms with Crippen LogP contribution >= 0.6 is 11.6 Å². The van der Waals surface area contributed by atoms with Crippen LogP contribution in [0.25, 0.3) is 10.8 Å². The van der Waals surface area contributed by atoms with Crippen LogP contribution in [0, 0.1) is 23.3 Å². The Kier molecular flexibility index (Phi) is 7.04. The molecule has 0 aliphatic heterocycles. The maximum Gasteiger partial charge on any atom is 0.142 e. The summed E-state index contributed by atoms with van der Waals surface area (Å²) >= 11 is 5.71. The van der Waals surface area contributed by atoms with Crippen molar-refractivity contribution < 1.29 is 17.6 Å². The number of hydrogen-bond donors (Lipinski definition) is 0. The van der Waals surface area contributed by atoms with Crippen molar-refractivity contribution in [3.05, 3.63) is 117 Å². The Hall–Kier alpha value is -2.85. The molecule has 0 aromatic heterocycles. The van der Waals surface area contributed by atoms with Gasteiger partial charge in [0.1, 0.15) is 23.3 Å². The average Bonchev–Trinajstić information content (AvgIpc) is 2.80. The monoisotopic (exact) mass is 470 g/mol. The minimum Gasteiger partial charge on any atom is -0.207 e. The summed E-state index contributed by atoms with van der Waals surface area (Å²) in [5.74, 6) is -1.84. The molecule has 0 saturated heterocycles. The first-order chi connectivity index (χ1) is 15.9. The van der Waals surface area contributed by atoms with Crippen molar-refractivity contribution in [3.63, 3.8) is 0 Å². The maximum atomic E-state index is 15.1. The number of halogens is 5. The van der Waals surface area contributed by atoms with Gasteiger partial charge in [-0.3, -0.25) is 0 Å². The third-order valence-electron chi connectivity index (χ3n) is 6.04. The van der Waals surface area contributed by atoms with Gasteiger partial charge in [-0.15, -0.1) is 0 Å². The molecule has 0 unspecified atom stereocenters. The van der Waals surface area contributed by atoms with Crippen LogP contribution in [0.3, 0.4) is 0 Å². The highest BCUT2D eigenvalue weighted by Gasteiger charge is 2.13. The number of aryl methyl sites for hydroxylation is 4. The van der Waals surface area contributed by atoms with E-state index in [9.17, 15) is 13.2 Å². The highest BCUT2D eigenvalue weighted by Crippen LogP contribution is 2.25. The van der Waals surface area contributed by atoms with Crippen LogP contribution in [0.15, 0.2) is 60.7 Å². The van der Waals surface area contributed by atoms with Gasteiger partial charge < -0.3 is 0 Å². The second-order valence-electron chi connectivity index (χ2n) is 8.23. The van der Waals surface area contributed by atoms with Gasteiger partial charge >= 0.3 is 0 Å². The molecular weight excluding hydrogens is 448 g/mol. The summed E-state index contributed by atoms with van der Waals surface area (Å²) in [5, 5.41) is 1.28. The molecule has 4 aromatic rings. The Morgan fingerprint density at radius 2 is 1.27 bits per heavy atom. The van der Waals surface area contributed by atoms with E-state index in [4.69, 9.17) is 11.6 Å². The van der Waals surface area contributed by atoms with E-state index in [1.807, 2.05) is 19.1 Å². The number of hydrogen-bond acceptors (Lipinski definition) is 0. The number of rotatable bonds is 7. The molecule has 4 rings (SSSR count). The quantitative estimate of drug-likeness (QED) is 0.239. The topological polar surface area (TPSA) is 0 Å². The third-order valence-corrected chi connectivity index (χ3v) is 6.34. The van der Waals surface area contributed by atoms with Crippen LogP contribution in [0.4, 0.5) is 17.6 Å². The first-order valence-electron chi connectivity index (χ1n) is 11.0. The first kappa shape index (κ1) is 23.3. The standard InChI is InChI=1S/C28H23ClF4/c1-2-17-14-25(30)23(26(31)15-17)11-5-18-4-10-22-21(13-18)9-8-20(28(22)33)7-3-19-6-12-24(29)27(32)16-19/h4,6,8-10,12-16H,2-3,5,7,11H2,1H3. The summed E-state index contributed by atoms with van der Waals surface area (Å²) in [6.07, 6.45) is 2.16. The Morgan fingerprint density at radius 3 is 1.97 bits per heavy atom. The molecule has 33 heavy (non-hydrogen) atoms. The second-order valence-corrected chi connectivity index (χ2v) is 8.64. The van der Waals surface area contributed by atoms with Crippen LogP contribution < -0.4 is 0 Å². The molecule has 170 valence electrons. The Labute approximate surface area is 195 Å². The van der Waals surface area contributed by atoms with Crippen molar-refractivity contribution in [1.82, 2.24) is 0 Å². The predicted octanol–water partition coefficient (Wildman–Crippen LogP) is 8.18. The van der Waals surface area contributed by atoms with Crippen LogP contribution in [-0.4, -0.2) is 0 Å². The molecule has 0 atom stereocenters. The van der Waals surface area contributed by atoms with Gasteiger partial charge in [0.25, 0.3) is 0 Å². The third kappa shape index (κ3) is 5.22. The van der Waals surface area contributed by atoms with Gasteiger partial charge in [0.05, 0.1) is 5.02 Å². The SMILES string of the molecule is CCc1cc(F)c(CCc2ccc3c(F)c(CCc4ccc(Cl)c(F)c4)ccc3c2)c(F)c1. The number of fused-ring (bicyclic) bond motifs is 1. The molecule has 0 amide bonds. The van der Waals surface area contributed by atoms with E-state index >= 15 is 4.39 Å². The molecule has 0 radical (unpaired) electrons. The normalized spacial score (nSPS) is 11.3. The van der Waals surface area contributed by atoms with Gasteiger partial charge in [-0.25, -0.2) is 17.6 Å². The van der Waals surface area contributed by atoms with Crippen molar-refractivity contribution in [2.75, 3.05) is 0 Å². The van der Waals surface area contributed by atoms with Crippen molar-refractivity contribution in [3.8, 4) is 0 Å². The summed E-state index contributed by atoms with van der Waals surface area (Å²) in [6.45, 7) is 1.85. The van der Waals surface area contributed by atoms with Crippen LogP contribution in [0.5, 0.6) is 0 Å². The van der Waals surface area contributed by atoms with Gasteiger partial charge in [-0.1, -0.05) is 54.9 Å². The number of benzene rings is 4. The molecule has 0 heterocycles. The summed E-state index contributed by atoms with van der Waals surface area (Å²) < 4.78 is 57.3. The van der Waals surface area contributed by atoms with Gasteiger partial charge in [0.2, 0.25) is 0 Å². The molecule has 0 nitrogen and oxygen atoms in total. The smallest absolute Gasteiger partial charge is 0.142 e. The largest absolute Gasteiger partial charge is 0.207 e. The van der Waals surface area contributed by atoms with E-state index in [0.29, 0.717) is 42.2 Å². The summed E-state index contributed by atoms with van der Waals surface area (Å²) in [6, 6.07) is 16.3. The second kappa shape index (κ2) is 9.96. The van der Waals surface area contributed by atoms with Crippen molar-refractivity contribution >= 4 is 22.4 Å². The lowest BCUT2D eigenvalue weighted by Crippen LogP contribution is -2.01. The molecule has 0 saturated carbocycles. The molecular formula is C28H23ClF4. The Balaban J connectivity index is 1.49. The molecule has 0 N–H and O–H groups in total. The lowest BCUT2D eigenvalue weighted by atomic mass is 9.97. The fraction of sp³-hybridized carbons (Fsp3) is 0.214. The van der Waals surface area contributed by atoms with Gasteiger partial charge in [-0.2, -0.15) is 0 Å². The van der Waals surface area contributed by atoms with Gasteiger partial charge in [0.15, 0.2) is 0 Å². The summed E-state index contributed by atoms with van der Waals surface area (Å²) in [4.78, 5) is 0. The van der Waals surface area contributed by atoms with E-state index in [2.05, 4.69) is 0 Å². The molecule has 0 bridgehead atoms. The molecule has 0 aliphatic rings. The van der Waals surface area contributed by atoms with Crippen LogP contribution in [0.2, 0.25) is 5.02 Å². The van der Waals surface area contributed by atoms with E-state index in [1.165, 1.54) is 24.3 Å². The molecule has 5 heteroatoms. The molecule has 0 aliphatic carbocycles. The predicted molar refractivity (Wildman–Crippen MR) is 126 cm³/mol. The van der Waals surface area contributed by atoms with Crippen LogP contribution in [-0.2, 0) is 32.1 Å². The highest BCUT2D eigenvalue weighted by atomic mass is 35.5. The summed E-state index contributed by atoms with van der Waals surface area (Å²) in [5.41, 5.74) is 2.88. The lowest BCUT2D eigenvalue weighted by molar-refractivity contribution is 0.551. The van der Waals surface area contributed by atoms with Crippen molar-refractivity contribution in [1.29, 1.82) is 0 Å². The maximum absolute atomic E-state index is 15.1. The van der Waals surface area contributed by atoms with Crippen LogP contribution in [0.1, 0.15) is 34.7 Å². The minimum absolute atomic E-state index is 0.0647. The molecule has 0 spiro atoms. The summed E-state index contributed by atoms with van der Waals surface area (Å²) in [7, 11) is 0. The Morgan fingerprint density at radius 1 is 0.636 bits per heavy atom. The van der Waals surface area contributed by atoms with E-state index in [-0.39, 0.29) is 22.8 Å². The zero-order valence-electron chi connectivity index (χ0n) is 18.2. The van der Waals surface area contributed by atoms with Gasteiger partial charge in [0, 0.05) is 10.9 Å². The zero-order valence-corrected chi connectivity index (χ0v) is 19.0. The van der Waals surface area contributed by atoms with E-state index in [1.54, 1.807) is 24.3 Å². The zero-order chi connectivity index (χ0) is 23.5. The minimum atomic E-state index is -0.524. The van der Waals surface area contributed by atoms with Crippen molar-refractivity contribution in [2.24, 2.45) is 0 Å². The van der Waals surface area contributed by atoms with E-state index in [0.717, 1.165) is 16.5 Å². The fourth-order valence-electron chi connectivity index (χ4n) is 4.08. The van der Waals surface area contributed by atoms with Gasteiger partial charge in [-0.05, 0) is 84.0 Å². The van der Waals surface area contributed by atoms with Crippen molar-refractivity contribution in [2.45, 2.75) is 39.0 Å². The highest BCUT2D eigenvalue weighted by molar-refractivity contribution is 6.30. The lowest BCUT2D eigenvalue weighted by Gasteiger charge is -2.10.